The van der Waals surface area contributed by atoms with Gasteiger partial charge in [0.25, 0.3) is 23.6 Å². The minimum Gasteiger partial charge on any atom is -0.399 e. The van der Waals surface area contributed by atoms with E-state index < -0.39 is 69.1 Å². The molecule has 0 bridgehead atoms. The molecule has 19 heteroatoms. The average molecular weight is 1090 g/mol. The molecule has 0 aliphatic carbocycles. The number of carbonyl (C=O) groups excluding carboxylic acids is 8. The highest BCUT2D eigenvalue weighted by Crippen LogP contribution is 2.42. The largest absolute Gasteiger partial charge is 0.399 e. The SMILES string of the molecule is CC.CC(C)(S)C(NC(=O)c1cccc(C(=O)NC(C(=O)Nc2ccccc2)C(C)(C)S)c1)C(=O)Nc1ccccc1.CC1(C)SC(=O)C1NC(=O)c1cccc(C(=O)NC2C(=O)SC2(C)C)c1.Nc1ccccc1. The Kier molecular flexibility index (Phi) is 21.8. The number of thioether (sulfide) groups is 2. The molecule has 0 spiro atoms. The maximum Gasteiger partial charge on any atom is 0.251 e. The number of benzene rings is 5. The second kappa shape index (κ2) is 26.8. The molecule has 5 aromatic rings. The van der Waals surface area contributed by atoms with Gasteiger partial charge >= 0.3 is 0 Å². The predicted molar refractivity (Wildman–Crippen MR) is 310 cm³/mol. The standard InChI is InChI=1S/C30H34N4O4S2.C18H20N2O4S2.C6H7N.C2H6/c1-29(2,39)23(27(37)31-21-14-7-5-8-15-21)33-25(35)19-12-11-13-20(18-19)26(36)34-24(30(3,4)40)28(38)32-22-16-9-6-10-17-22;1-17(2)11(15(23)25-17)19-13(21)9-6-5-7-10(8-9)14(22)20-12-16(24)26-18(12,3)4;7-6-4-2-1-3-5-6;1-2/h5-18,23-24,39-40H,1-4H3,(H,31,37)(H,32,38)(H,33,35)(H,34,36);5-8,11-12H,1-4H3,(H,19,21)(H,20,22);1-5H,7H2;1-2H3. The molecule has 0 saturated carbocycles. The van der Waals surface area contributed by atoms with E-state index in [1.807, 2.05) is 84.0 Å². The van der Waals surface area contributed by atoms with Gasteiger partial charge in [-0.2, -0.15) is 25.3 Å². The van der Waals surface area contributed by atoms with E-state index in [-0.39, 0.29) is 30.9 Å². The molecular formula is C56H67N7O8S4. The van der Waals surface area contributed by atoms with E-state index in [0.717, 1.165) is 5.69 Å². The lowest BCUT2D eigenvalue weighted by molar-refractivity contribution is -0.119. The molecular weight excluding hydrogens is 1030 g/mol. The van der Waals surface area contributed by atoms with Gasteiger partial charge in [0.2, 0.25) is 22.0 Å². The third-order valence-electron chi connectivity index (χ3n) is 11.3. The summed E-state index contributed by atoms with van der Waals surface area (Å²) in [5.41, 5.74) is 8.27. The second-order valence-electron chi connectivity index (χ2n) is 19.3. The lowest BCUT2D eigenvalue weighted by atomic mass is 10.00. The smallest absolute Gasteiger partial charge is 0.251 e. The molecule has 2 aliphatic heterocycles. The van der Waals surface area contributed by atoms with Crippen LogP contribution in [0, 0.1) is 0 Å². The molecule has 2 aliphatic rings. The van der Waals surface area contributed by atoms with Crippen molar-refractivity contribution in [3.05, 3.63) is 162 Å². The van der Waals surface area contributed by atoms with Crippen molar-refractivity contribution in [3.8, 4) is 0 Å². The highest BCUT2D eigenvalue weighted by atomic mass is 32.2. The highest BCUT2D eigenvalue weighted by molar-refractivity contribution is 8.17. The van der Waals surface area contributed by atoms with Crippen LogP contribution in [0.1, 0.15) is 111 Å². The molecule has 2 fully saturated rings. The van der Waals surface area contributed by atoms with Gasteiger partial charge in [0.05, 0.1) is 0 Å². The van der Waals surface area contributed by atoms with Crippen LogP contribution in [0.4, 0.5) is 17.1 Å². The van der Waals surface area contributed by atoms with Gasteiger partial charge in [-0.25, -0.2) is 0 Å². The Morgan fingerprint density at radius 2 is 0.787 bits per heavy atom. The zero-order chi connectivity index (χ0) is 55.9. The lowest BCUT2D eigenvalue weighted by Crippen LogP contribution is -2.60. The Morgan fingerprint density at radius 1 is 0.493 bits per heavy atom. The zero-order valence-electron chi connectivity index (χ0n) is 43.6. The normalized spacial score (nSPS) is 16.7. The number of nitrogens with one attached hydrogen (secondary N) is 6. The van der Waals surface area contributed by atoms with Gasteiger partial charge < -0.3 is 37.6 Å². The molecule has 4 atom stereocenters. The van der Waals surface area contributed by atoms with Gasteiger partial charge in [0, 0.05) is 58.3 Å². The second-order valence-corrected chi connectivity index (χ2v) is 24.9. The monoisotopic (exact) mass is 1090 g/mol. The zero-order valence-corrected chi connectivity index (χ0v) is 47.1. The van der Waals surface area contributed by atoms with E-state index in [4.69, 9.17) is 5.73 Å². The molecule has 5 aromatic carbocycles. The van der Waals surface area contributed by atoms with E-state index in [1.54, 1.807) is 100 Å². The molecule has 8 N–H and O–H groups in total. The third-order valence-corrected chi connectivity index (χ3v) is 14.2. The van der Waals surface area contributed by atoms with Crippen LogP contribution in [0.25, 0.3) is 0 Å². The Balaban J connectivity index is 0.000000295. The number of nitrogen functional groups attached to an aromatic ring is 1. The molecule has 2 saturated heterocycles. The Hall–Kier alpha value is -6.54. The Labute approximate surface area is 459 Å². The van der Waals surface area contributed by atoms with Crippen LogP contribution in [0.15, 0.2) is 140 Å². The first kappa shape index (κ1) is 61.0. The molecule has 7 rings (SSSR count). The molecule has 75 heavy (non-hydrogen) atoms. The molecule has 0 aromatic heterocycles. The summed E-state index contributed by atoms with van der Waals surface area (Å²) in [6, 6.07) is 36.5. The summed E-state index contributed by atoms with van der Waals surface area (Å²) in [6.45, 7) is 18.4. The van der Waals surface area contributed by atoms with Crippen molar-refractivity contribution in [2.75, 3.05) is 16.4 Å². The van der Waals surface area contributed by atoms with Crippen LogP contribution in [-0.4, -0.2) is 88.8 Å². The predicted octanol–water partition coefficient (Wildman–Crippen LogP) is 8.86. The number of carbonyl (C=O) groups is 8. The van der Waals surface area contributed by atoms with Crippen LogP contribution < -0.4 is 37.6 Å². The number of anilines is 3. The summed E-state index contributed by atoms with van der Waals surface area (Å²) < 4.78 is -2.48. The van der Waals surface area contributed by atoms with Crippen molar-refractivity contribution in [1.82, 2.24) is 21.3 Å². The van der Waals surface area contributed by atoms with Gasteiger partial charge in [-0.3, -0.25) is 38.4 Å². The summed E-state index contributed by atoms with van der Waals surface area (Å²) in [6.07, 6.45) is 0. The fourth-order valence-electron chi connectivity index (χ4n) is 7.18. The van der Waals surface area contributed by atoms with Crippen molar-refractivity contribution in [2.24, 2.45) is 0 Å². The Bertz CT molecular complexity index is 2660. The molecule has 2 heterocycles. The van der Waals surface area contributed by atoms with Crippen molar-refractivity contribution in [3.63, 3.8) is 0 Å². The maximum absolute atomic E-state index is 13.2. The summed E-state index contributed by atoms with van der Waals surface area (Å²) in [7, 11) is 0. The minimum absolute atomic E-state index is 0.0690. The summed E-state index contributed by atoms with van der Waals surface area (Å²) >= 11 is 11.5. The van der Waals surface area contributed by atoms with Crippen molar-refractivity contribution in [1.29, 1.82) is 0 Å². The van der Waals surface area contributed by atoms with Crippen LogP contribution in [0.2, 0.25) is 0 Å². The molecule has 0 radical (unpaired) electrons. The number of rotatable bonds is 14. The van der Waals surface area contributed by atoms with Gasteiger partial charge in [-0.05, 0) is 128 Å². The van der Waals surface area contributed by atoms with E-state index in [0.29, 0.717) is 22.5 Å². The Morgan fingerprint density at radius 3 is 1.04 bits per heavy atom. The average Bonchev–Trinajstić information content (AvgIpc) is 3.36. The van der Waals surface area contributed by atoms with E-state index >= 15 is 0 Å². The first-order chi connectivity index (χ1) is 35.2. The van der Waals surface area contributed by atoms with Gasteiger partial charge in [0.15, 0.2) is 0 Å². The molecule has 398 valence electrons. The van der Waals surface area contributed by atoms with E-state index in [1.165, 1.54) is 47.8 Å². The number of para-hydroxylation sites is 3. The number of nitrogens with two attached hydrogens (primary N) is 1. The van der Waals surface area contributed by atoms with Gasteiger partial charge in [0.1, 0.15) is 24.2 Å². The minimum atomic E-state index is -0.989. The molecule has 4 unspecified atom stereocenters. The van der Waals surface area contributed by atoms with Crippen LogP contribution in [-0.2, 0) is 19.2 Å². The van der Waals surface area contributed by atoms with Crippen molar-refractivity contribution >= 4 is 112 Å². The number of thiol groups is 2. The van der Waals surface area contributed by atoms with Crippen molar-refractivity contribution in [2.45, 2.75) is 112 Å². The first-order valence-electron chi connectivity index (χ1n) is 24.0. The van der Waals surface area contributed by atoms with Crippen LogP contribution in [0.3, 0.4) is 0 Å². The third kappa shape index (κ3) is 17.8. The fourth-order valence-corrected chi connectivity index (χ4v) is 9.72. The first-order valence-corrected chi connectivity index (χ1v) is 26.6. The highest BCUT2D eigenvalue weighted by Gasteiger charge is 2.50. The van der Waals surface area contributed by atoms with Crippen molar-refractivity contribution < 1.29 is 38.4 Å². The number of hydrogen-bond acceptors (Lipinski definition) is 13. The van der Waals surface area contributed by atoms with Crippen LogP contribution >= 0.6 is 48.8 Å². The molecule has 15 nitrogen and oxygen atoms in total. The number of hydrogen-bond donors (Lipinski definition) is 9. The summed E-state index contributed by atoms with van der Waals surface area (Å²) in [5, 5.41) is 16.4. The lowest BCUT2D eigenvalue weighted by Gasteiger charge is -2.41. The summed E-state index contributed by atoms with van der Waals surface area (Å²) in [5.74, 6) is -2.78. The maximum atomic E-state index is 13.2. The van der Waals surface area contributed by atoms with Gasteiger partial charge in [-0.1, -0.05) is 104 Å². The summed E-state index contributed by atoms with van der Waals surface area (Å²) in [4.78, 5) is 101. The van der Waals surface area contributed by atoms with E-state index in [2.05, 4.69) is 57.2 Å². The van der Waals surface area contributed by atoms with Gasteiger partial charge in [-0.15, -0.1) is 0 Å². The fraction of sp³-hybridized carbons (Fsp3) is 0.321. The quantitative estimate of drug-likeness (QED) is 0.0376. The molecule has 6 amide bonds. The van der Waals surface area contributed by atoms with E-state index in [9.17, 15) is 38.4 Å². The topological polar surface area (TPSA) is 235 Å². The van der Waals surface area contributed by atoms with Crippen LogP contribution in [0.5, 0.6) is 0 Å². The number of amides is 6.